The number of non-ortho nitro benzene ring substituents is 1. The van der Waals surface area contributed by atoms with Gasteiger partial charge in [-0.2, -0.15) is 0 Å². The standard InChI is InChI=1S/C13H11ClN2O4S/c1-9-4-2-3-5-13(9)21(19,20)15-12-7-6-10(16(17)18)8-11(12)14/h2-8,15H,1H3. The largest absolute Gasteiger partial charge is 0.278 e. The van der Waals surface area contributed by atoms with E-state index in [2.05, 4.69) is 4.72 Å². The van der Waals surface area contributed by atoms with Gasteiger partial charge in [-0.25, -0.2) is 8.42 Å². The monoisotopic (exact) mass is 326 g/mol. The van der Waals surface area contributed by atoms with Gasteiger partial charge in [0.1, 0.15) is 0 Å². The number of benzene rings is 2. The molecular weight excluding hydrogens is 316 g/mol. The highest BCUT2D eigenvalue weighted by Gasteiger charge is 2.19. The maximum atomic E-state index is 12.3. The molecule has 0 aliphatic heterocycles. The molecule has 0 bridgehead atoms. The fourth-order valence-electron chi connectivity index (χ4n) is 1.76. The number of nitrogens with one attached hydrogen (secondary N) is 1. The van der Waals surface area contributed by atoms with Gasteiger partial charge in [0.05, 0.1) is 20.5 Å². The third kappa shape index (κ3) is 3.32. The Morgan fingerprint density at radius 3 is 2.43 bits per heavy atom. The van der Waals surface area contributed by atoms with E-state index in [4.69, 9.17) is 11.6 Å². The second-order valence-electron chi connectivity index (χ2n) is 4.29. The average Bonchev–Trinajstić information content (AvgIpc) is 2.41. The van der Waals surface area contributed by atoms with Gasteiger partial charge >= 0.3 is 0 Å². The van der Waals surface area contributed by atoms with E-state index in [1.165, 1.54) is 18.2 Å². The molecule has 0 atom stereocenters. The van der Waals surface area contributed by atoms with Crippen molar-refractivity contribution in [3.05, 3.63) is 63.2 Å². The molecule has 21 heavy (non-hydrogen) atoms. The van der Waals surface area contributed by atoms with E-state index in [1.54, 1.807) is 25.1 Å². The normalized spacial score (nSPS) is 11.1. The van der Waals surface area contributed by atoms with E-state index >= 15 is 0 Å². The van der Waals surface area contributed by atoms with E-state index in [0.717, 1.165) is 6.07 Å². The fraction of sp³-hybridized carbons (Fsp3) is 0.0769. The number of nitro benzene ring substituents is 1. The fourth-order valence-corrected chi connectivity index (χ4v) is 3.36. The van der Waals surface area contributed by atoms with Crippen LogP contribution in [-0.4, -0.2) is 13.3 Å². The number of anilines is 1. The maximum Gasteiger partial charge on any atom is 0.271 e. The van der Waals surface area contributed by atoms with Crippen LogP contribution < -0.4 is 4.72 Å². The van der Waals surface area contributed by atoms with Gasteiger partial charge in [0.25, 0.3) is 15.7 Å². The molecule has 0 fully saturated rings. The molecule has 0 spiro atoms. The first-order valence-electron chi connectivity index (χ1n) is 5.83. The van der Waals surface area contributed by atoms with Crippen molar-refractivity contribution in [1.29, 1.82) is 0 Å². The zero-order chi connectivity index (χ0) is 15.6. The molecule has 0 aliphatic carbocycles. The first kappa shape index (κ1) is 15.3. The van der Waals surface area contributed by atoms with E-state index in [0.29, 0.717) is 5.56 Å². The highest BCUT2D eigenvalue weighted by molar-refractivity contribution is 7.92. The summed E-state index contributed by atoms with van der Waals surface area (Å²) in [5, 5.41) is 10.6. The highest BCUT2D eigenvalue weighted by Crippen LogP contribution is 2.29. The molecule has 1 N–H and O–H groups in total. The Labute approximate surface area is 126 Å². The van der Waals surface area contributed by atoms with Crippen LogP contribution >= 0.6 is 11.6 Å². The summed E-state index contributed by atoms with van der Waals surface area (Å²) in [6, 6.07) is 10.0. The first-order valence-corrected chi connectivity index (χ1v) is 7.70. The summed E-state index contributed by atoms with van der Waals surface area (Å²) < 4.78 is 26.9. The molecule has 2 aromatic carbocycles. The van der Waals surface area contributed by atoms with E-state index in [9.17, 15) is 18.5 Å². The minimum absolute atomic E-state index is 0.0404. The van der Waals surface area contributed by atoms with Gasteiger partial charge in [0.2, 0.25) is 0 Å². The SMILES string of the molecule is Cc1ccccc1S(=O)(=O)Nc1ccc([N+](=O)[O-])cc1Cl. The highest BCUT2D eigenvalue weighted by atomic mass is 35.5. The number of nitrogens with zero attached hydrogens (tertiary/aromatic N) is 1. The van der Waals surface area contributed by atoms with Crippen molar-refractivity contribution in [3.8, 4) is 0 Å². The molecule has 8 heteroatoms. The van der Waals surface area contributed by atoms with Crippen molar-refractivity contribution in [2.24, 2.45) is 0 Å². The first-order chi connectivity index (χ1) is 9.81. The third-order valence-corrected chi connectivity index (χ3v) is 4.63. The second-order valence-corrected chi connectivity index (χ2v) is 6.35. The number of aryl methyl sites for hydroxylation is 1. The van der Waals surface area contributed by atoms with Crippen molar-refractivity contribution in [1.82, 2.24) is 0 Å². The van der Waals surface area contributed by atoms with E-state index in [1.807, 2.05) is 0 Å². The van der Waals surface area contributed by atoms with Crippen LogP contribution in [0.1, 0.15) is 5.56 Å². The molecule has 0 saturated heterocycles. The van der Waals surface area contributed by atoms with Gasteiger partial charge in [-0.1, -0.05) is 29.8 Å². The van der Waals surface area contributed by atoms with Gasteiger partial charge < -0.3 is 0 Å². The van der Waals surface area contributed by atoms with Crippen LogP contribution in [0.5, 0.6) is 0 Å². The Kier molecular flexibility index (Phi) is 4.15. The molecule has 0 aromatic heterocycles. The summed E-state index contributed by atoms with van der Waals surface area (Å²) in [5.41, 5.74) is 0.465. The van der Waals surface area contributed by atoms with Crippen LogP contribution in [-0.2, 0) is 10.0 Å². The van der Waals surface area contributed by atoms with Crippen molar-refractivity contribution in [2.45, 2.75) is 11.8 Å². The quantitative estimate of drug-likeness (QED) is 0.689. The third-order valence-electron chi connectivity index (χ3n) is 2.79. The topological polar surface area (TPSA) is 89.3 Å². The lowest BCUT2D eigenvalue weighted by atomic mass is 10.2. The Balaban J connectivity index is 2.38. The van der Waals surface area contributed by atoms with Crippen molar-refractivity contribution in [2.75, 3.05) is 4.72 Å². The summed E-state index contributed by atoms with van der Waals surface area (Å²) in [4.78, 5) is 10.1. The van der Waals surface area contributed by atoms with Crippen molar-refractivity contribution < 1.29 is 13.3 Å². The van der Waals surface area contributed by atoms with Gasteiger partial charge in [0.15, 0.2) is 0 Å². The smallest absolute Gasteiger partial charge is 0.271 e. The number of halogens is 1. The van der Waals surface area contributed by atoms with Crippen molar-refractivity contribution >= 4 is 33.0 Å². The number of sulfonamides is 1. The summed E-state index contributed by atoms with van der Waals surface area (Å²) >= 11 is 5.88. The minimum Gasteiger partial charge on any atom is -0.278 e. The Morgan fingerprint density at radius 2 is 1.86 bits per heavy atom. The Bertz CT molecular complexity index is 806. The summed E-state index contributed by atoms with van der Waals surface area (Å²) in [6.07, 6.45) is 0. The number of hydrogen-bond acceptors (Lipinski definition) is 4. The second kappa shape index (κ2) is 5.71. The lowest BCUT2D eigenvalue weighted by Gasteiger charge is -2.11. The van der Waals surface area contributed by atoms with Crippen LogP contribution in [0, 0.1) is 17.0 Å². The molecule has 0 aliphatic rings. The van der Waals surface area contributed by atoms with E-state index in [-0.39, 0.29) is 21.3 Å². The number of rotatable bonds is 4. The average molecular weight is 327 g/mol. The minimum atomic E-state index is -3.80. The van der Waals surface area contributed by atoms with Crippen LogP contribution in [0.25, 0.3) is 0 Å². The lowest BCUT2D eigenvalue weighted by molar-refractivity contribution is -0.384. The van der Waals surface area contributed by atoms with Crippen LogP contribution in [0.15, 0.2) is 47.4 Å². The zero-order valence-corrected chi connectivity index (χ0v) is 12.5. The Hall–Kier alpha value is -2.12. The molecule has 0 unspecified atom stereocenters. The zero-order valence-electron chi connectivity index (χ0n) is 10.9. The molecule has 110 valence electrons. The summed E-state index contributed by atoms with van der Waals surface area (Å²) in [7, 11) is -3.80. The molecule has 6 nitrogen and oxygen atoms in total. The van der Waals surface area contributed by atoms with Crippen molar-refractivity contribution in [3.63, 3.8) is 0 Å². The van der Waals surface area contributed by atoms with Crippen LogP contribution in [0.3, 0.4) is 0 Å². The van der Waals surface area contributed by atoms with Gasteiger partial charge in [-0.3, -0.25) is 14.8 Å². The number of nitro groups is 1. The molecular formula is C13H11ClN2O4S. The predicted octanol–water partition coefficient (Wildman–Crippen LogP) is 3.36. The van der Waals surface area contributed by atoms with Crippen LogP contribution in [0.2, 0.25) is 5.02 Å². The molecule has 0 amide bonds. The maximum absolute atomic E-state index is 12.3. The van der Waals surface area contributed by atoms with E-state index < -0.39 is 14.9 Å². The van der Waals surface area contributed by atoms with Gasteiger partial charge in [-0.15, -0.1) is 0 Å². The summed E-state index contributed by atoms with van der Waals surface area (Å²) in [6.45, 7) is 1.67. The van der Waals surface area contributed by atoms with Gasteiger partial charge in [-0.05, 0) is 24.6 Å². The molecule has 0 saturated carbocycles. The lowest BCUT2D eigenvalue weighted by Crippen LogP contribution is -2.14. The Morgan fingerprint density at radius 1 is 1.19 bits per heavy atom. The molecule has 0 radical (unpaired) electrons. The van der Waals surface area contributed by atoms with Gasteiger partial charge in [0, 0.05) is 12.1 Å². The predicted molar refractivity (Wildman–Crippen MR) is 80.1 cm³/mol. The van der Waals surface area contributed by atoms with Crippen LogP contribution in [0.4, 0.5) is 11.4 Å². The number of hydrogen-bond donors (Lipinski definition) is 1. The molecule has 2 rings (SSSR count). The summed E-state index contributed by atoms with van der Waals surface area (Å²) in [5.74, 6) is 0. The molecule has 2 aromatic rings. The molecule has 0 heterocycles.